The summed E-state index contributed by atoms with van der Waals surface area (Å²) in [6.07, 6.45) is 6.18. The van der Waals surface area contributed by atoms with Gasteiger partial charge in [-0.3, -0.25) is 4.79 Å². The van der Waals surface area contributed by atoms with E-state index in [0.717, 1.165) is 18.4 Å². The van der Waals surface area contributed by atoms with E-state index in [4.69, 9.17) is 14.2 Å². The van der Waals surface area contributed by atoms with Crippen LogP contribution in [0.15, 0.2) is 41.5 Å². The molecule has 142 valence electrons. The fraction of sp³-hybridized carbons (Fsp3) is 0.333. The first-order chi connectivity index (χ1) is 13.2. The van der Waals surface area contributed by atoms with Crippen molar-refractivity contribution in [2.75, 3.05) is 20.8 Å². The molecule has 6 heteroatoms. The van der Waals surface area contributed by atoms with Gasteiger partial charge >= 0.3 is 0 Å². The molecule has 0 unspecified atom stereocenters. The highest BCUT2D eigenvalue weighted by molar-refractivity contribution is 5.83. The van der Waals surface area contributed by atoms with Gasteiger partial charge in [0.1, 0.15) is 17.2 Å². The molecule has 1 N–H and O–H groups in total. The molecule has 0 aromatic heterocycles. The summed E-state index contributed by atoms with van der Waals surface area (Å²) in [5, 5.41) is 3.96. The molecule has 0 saturated carbocycles. The smallest absolute Gasteiger partial charge is 0.277 e. The number of aryl methyl sites for hydroxylation is 2. The SMILES string of the molecule is COc1cc(/C=N/NC(=O)COc2ccc3c(c2)CCCC3)cc(OC)c1. The van der Waals surface area contributed by atoms with Crippen LogP contribution in [-0.2, 0) is 17.6 Å². The maximum atomic E-state index is 11.9. The molecule has 0 fully saturated rings. The molecule has 0 atom stereocenters. The molecule has 1 amide bonds. The van der Waals surface area contributed by atoms with E-state index >= 15 is 0 Å². The molecule has 6 nitrogen and oxygen atoms in total. The monoisotopic (exact) mass is 368 g/mol. The normalized spacial score (nSPS) is 13.1. The van der Waals surface area contributed by atoms with Crippen LogP contribution in [0, 0.1) is 0 Å². The van der Waals surface area contributed by atoms with E-state index in [1.807, 2.05) is 12.1 Å². The first-order valence-corrected chi connectivity index (χ1v) is 8.97. The summed E-state index contributed by atoms with van der Waals surface area (Å²) in [4.78, 5) is 11.9. The number of rotatable bonds is 7. The van der Waals surface area contributed by atoms with Gasteiger partial charge in [0.15, 0.2) is 6.61 Å². The highest BCUT2D eigenvalue weighted by Gasteiger charge is 2.10. The van der Waals surface area contributed by atoms with E-state index in [2.05, 4.69) is 16.6 Å². The molecule has 0 heterocycles. The lowest BCUT2D eigenvalue weighted by Crippen LogP contribution is -2.24. The van der Waals surface area contributed by atoms with Gasteiger partial charge < -0.3 is 14.2 Å². The molecule has 0 radical (unpaired) electrons. The molecule has 0 saturated heterocycles. The van der Waals surface area contributed by atoms with Crippen LogP contribution in [0.3, 0.4) is 0 Å². The fourth-order valence-corrected chi connectivity index (χ4v) is 3.06. The van der Waals surface area contributed by atoms with Crippen LogP contribution in [0.25, 0.3) is 0 Å². The zero-order valence-electron chi connectivity index (χ0n) is 15.7. The summed E-state index contributed by atoms with van der Waals surface area (Å²) in [7, 11) is 3.16. The minimum atomic E-state index is -0.321. The zero-order valence-corrected chi connectivity index (χ0v) is 15.7. The standard InChI is InChI=1S/C21H24N2O4/c1-25-19-9-15(10-20(12-19)26-2)13-22-23-21(24)14-27-18-8-7-16-5-3-4-6-17(16)11-18/h7-13H,3-6,14H2,1-2H3,(H,23,24)/b22-13+. The van der Waals surface area contributed by atoms with Crippen LogP contribution in [0.5, 0.6) is 17.2 Å². The van der Waals surface area contributed by atoms with E-state index in [-0.39, 0.29) is 12.5 Å². The van der Waals surface area contributed by atoms with E-state index in [9.17, 15) is 4.79 Å². The van der Waals surface area contributed by atoms with E-state index in [1.54, 1.807) is 32.4 Å². The average Bonchev–Trinajstić information content (AvgIpc) is 2.71. The van der Waals surface area contributed by atoms with Gasteiger partial charge in [-0.05, 0) is 61.1 Å². The third-order valence-electron chi connectivity index (χ3n) is 4.47. The fourth-order valence-electron chi connectivity index (χ4n) is 3.06. The maximum Gasteiger partial charge on any atom is 0.277 e. The predicted molar refractivity (Wildman–Crippen MR) is 104 cm³/mol. The molecule has 1 aliphatic rings. The molecule has 0 bridgehead atoms. The number of ether oxygens (including phenoxy) is 3. The van der Waals surface area contributed by atoms with E-state index < -0.39 is 0 Å². The Morgan fingerprint density at radius 3 is 2.41 bits per heavy atom. The number of hydrogen-bond acceptors (Lipinski definition) is 5. The molecular weight excluding hydrogens is 344 g/mol. The molecule has 27 heavy (non-hydrogen) atoms. The summed E-state index contributed by atoms with van der Waals surface area (Å²) in [5.74, 6) is 1.70. The molecule has 1 aliphatic carbocycles. The van der Waals surface area contributed by atoms with Crippen molar-refractivity contribution in [2.45, 2.75) is 25.7 Å². The zero-order chi connectivity index (χ0) is 19.1. The quantitative estimate of drug-likeness (QED) is 0.602. The van der Waals surface area contributed by atoms with Crippen molar-refractivity contribution < 1.29 is 19.0 Å². The molecule has 0 spiro atoms. The van der Waals surface area contributed by atoms with Crippen molar-refractivity contribution in [3.05, 3.63) is 53.1 Å². The number of amides is 1. The van der Waals surface area contributed by atoms with Gasteiger partial charge in [0.05, 0.1) is 20.4 Å². The Morgan fingerprint density at radius 1 is 1.00 bits per heavy atom. The number of carbonyl (C=O) groups excluding carboxylic acids is 1. The Kier molecular flexibility index (Phi) is 6.30. The van der Waals surface area contributed by atoms with Crippen LogP contribution < -0.4 is 19.6 Å². The van der Waals surface area contributed by atoms with Crippen molar-refractivity contribution in [3.8, 4) is 17.2 Å². The second kappa shape index (κ2) is 9.07. The Balaban J connectivity index is 1.52. The summed E-state index contributed by atoms with van der Waals surface area (Å²) in [6, 6.07) is 11.4. The minimum Gasteiger partial charge on any atom is -0.497 e. The Labute approximate surface area is 159 Å². The number of methoxy groups -OCH3 is 2. The third-order valence-corrected chi connectivity index (χ3v) is 4.47. The van der Waals surface area contributed by atoms with Gasteiger partial charge in [-0.1, -0.05) is 6.07 Å². The van der Waals surface area contributed by atoms with Crippen LogP contribution in [0.2, 0.25) is 0 Å². The highest BCUT2D eigenvalue weighted by Crippen LogP contribution is 2.25. The molecule has 0 aliphatic heterocycles. The largest absolute Gasteiger partial charge is 0.497 e. The second-order valence-electron chi connectivity index (χ2n) is 6.37. The molecule has 2 aromatic rings. The number of benzene rings is 2. The van der Waals surface area contributed by atoms with Gasteiger partial charge in [-0.15, -0.1) is 0 Å². The molecular formula is C21H24N2O4. The van der Waals surface area contributed by atoms with Gasteiger partial charge in [0, 0.05) is 11.6 Å². The number of nitrogens with one attached hydrogen (secondary N) is 1. The summed E-state index contributed by atoms with van der Waals surface area (Å²) >= 11 is 0. The lowest BCUT2D eigenvalue weighted by atomic mass is 9.92. The Bertz CT molecular complexity index is 811. The summed E-state index contributed by atoms with van der Waals surface area (Å²) < 4.78 is 16.0. The number of carbonyl (C=O) groups is 1. The summed E-state index contributed by atoms with van der Waals surface area (Å²) in [6.45, 7) is -0.0858. The number of nitrogens with zero attached hydrogens (tertiary/aromatic N) is 1. The maximum absolute atomic E-state index is 11.9. The molecule has 2 aromatic carbocycles. The molecule has 3 rings (SSSR count). The lowest BCUT2D eigenvalue weighted by molar-refractivity contribution is -0.123. The van der Waals surface area contributed by atoms with Crippen molar-refractivity contribution in [2.24, 2.45) is 5.10 Å². The van der Waals surface area contributed by atoms with Crippen LogP contribution in [0.4, 0.5) is 0 Å². The number of fused-ring (bicyclic) bond motifs is 1. The summed E-state index contributed by atoms with van der Waals surface area (Å²) in [5.41, 5.74) is 5.92. The predicted octanol–water partition coefficient (Wildman–Crippen LogP) is 3.11. The lowest BCUT2D eigenvalue weighted by Gasteiger charge is -2.16. The van der Waals surface area contributed by atoms with Crippen LogP contribution in [-0.4, -0.2) is 32.9 Å². The minimum absolute atomic E-state index is 0.0858. The van der Waals surface area contributed by atoms with Crippen LogP contribution in [0.1, 0.15) is 29.5 Å². The van der Waals surface area contributed by atoms with E-state index in [1.165, 1.54) is 30.2 Å². The van der Waals surface area contributed by atoms with Crippen molar-refractivity contribution in [1.82, 2.24) is 5.43 Å². The number of hydrogen-bond donors (Lipinski definition) is 1. The number of hydrazone groups is 1. The van der Waals surface area contributed by atoms with Gasteiger partial charge in [0.25, 0.3) is 5.91 Å². The van der Waals surface area contributed by atoms with E-state index in [0.29, 0.717) is 17.2 Å². The van der Waals surface area contributed by atoms with Gasteiger partial charge in [0.2, 0.25) is 0 Å². The first kappa shape index (κ1) is 18.8. The van der Waals surface area contributed by atoms with Crippen molar-refractivity contribution >= 4 is 12.1 Å². The van der Waals surface area contributed by atoms with Gasteiger partial charge in [-0.25, -0.2) is 5.43 Å². The Hall–Kier alpha value is -3.02. The first-order valence-electron chi connectivity index (χ1n) is 8.97. The van der Waals surface area contributed by atoms with Crippen molar-refractivity contribution in [3.63, 3.8) is 0 Å². The average molecular weight is 368 g/mol. The van der Waals surface area contributed by atoms with Gasteiger partial charge in [-0.2, -0.15) is 5.10 Å². The third kappa shape index (κ3) is 5.23. The van der Waals surface area contributed by atoms with Crippen molar-refractivity contribution in [1.29, 1.82) is 0 Å². The topological polar surface area (TPSA) is 69.2 Å². The second-order valence-corrected chi connectivity index (χ2v) is 6.37. The highest BCUT2D eigenvalue weighted by atomic mass is 16.5. The van der Waals surface area contributed by atoms with Crippen LogP contribution >= 0.6 is 0 Å². The Morgan fingerprint density at radius 2 is 1.70 bits per heavy atom.